The molecule has 1 aliphatic carbocycles. The monoisotopic (exact) mass is 303 g/mol. The fourth-order valence-corrected chi connectivity index (χ4v) is 4.22. The molecule has 3 atom stereocenters. The maximum atomic E-state index is 4.21. The van der Waals surface area contributed by atoms with E-state index in [4.69, 9.17) is 0 Å². The highest BCUT2D eigenvalue weighted by Gasteiger charge is 2.34. The van der Waals surface area contributed by atoms with Crippen molar-refractivity contribution in [2.75, 3.05) is 6.54 Å². The van der Waals surface area contributed by atoms with Gasteiger partial charge in [0.2, 0.25) is 5.16 Å². The number of benzene rings is 1. The summed E-state index contributed by atoms with van der Waals surface area (Å²) >= 11 is 1.80. The number of tetrazole rings is 1. The summed E-state index contributed by atoms with van der Waals surface area (Å²) in [5, 5.41) is 17.2. The van der Waals surface area contributed by atoms with Crippen LogP contribution in [0.2, 0.25) is 0 Å². The lowest BCUT2D eigenvalue weighted by molar-refractivity contribution is 0.441. The molecule has 0 spiro atoms. The Labute approximate surface area is 129 Å². The second kappa shape index (κ2) is 6.58. The van der Waals surface area contributed by atoms with E-state index in [0.717, 1.165) is 17.4 Å². The fourth-order valence-electron chi connectivity index (χ4n) is 2.96. The van der Waals surface area contributed by atoms with Gasteiger partial charge in [-0.3, -0.25) is 0 Å². The molecule has 0 amide bonds. The zero-order chi connectivity index (χ0) is 14.7. The van der Waals surface area contributed by atoms with Gasteiger partial charge >= 0.3 is 0 Å². The zero-order valence-electron chi connectivity index (χ0n) is 12.4. The molecule has 1 aliphatic rings. The molecule has 0 bridgehead atoms. The predicted octanol–water partition coefficient (Wildman–Crippen LogP) is 2.53. The van der Waals surface area contributed by atoms with E-state index >= 15 is 0 Å². The summed E-state index contributed by atoms with van der Waals surface area (Å²) in [4.78, 5) is 0. The van der Waals surface area contributed by atoms with E-state index < -0.39 is 0 Å². The Morgan fingerprint density at radius 1 is 1.29 bits per heavy atom. The normalized spacial score (nSPS) is 25.3. The van der Waals surface area contributed by atoms with Crippen molar-refractivity contribution in [2.24, 2.45) is 5.92 Å². The molecule has 1 saturated carbocycles. The summed E-state index contributed by atoms with van der Waals surface area (Å²) < 4.78 is 1.83. The van der Waals surface area contributed by atoms with Gasteiger partial charge < -0.3 is 5.32 Å². The highest BCUT2D eigenvalue weighted by Crippen LogP contribution is 2.38. The largest absolute Gasteiger partial charge is 0.314 e. The Balaban J connectivity index is 1.74. The van der Waals surface area contributed by atoms with Crippen LogP contribution in [0.4, 0.5) is 0 Å². The molecule has 3 rings (SSSR count). The highest BCUT2D eigenvalue weighted by atomic mass is 32.2. The van der Waals surface area contributed by atoms with Gasteiger partial charge in [-0.1, -0.05) is 43.8 Å². The second-order valence-electron chi connectivity index (χ2n) is 5.47. The van der Waals surface area contributed by atoms with E-state index in [1.807, 2.05) is 35.0 Å². The summed E-state index contributed by atoms with van der Waals surface area (Å²) in [6, 6.07) is 10.7. The molecule has 0 saturated heterocycles. The number of rotatable bonds is 5. The van der Waals surface area contributed by atoms with Gasteiger partial charge in [0.25, 0.3) is 0 Å². The van der Waals surface area contributed by atoms with Crippen molar-refractivity contribution >= 4 is 11.8 Å². The number of hydrogen-bond donors (Lipinski definition) is 1. The van der Waals surface area contributed by atoms with Crippen molar-refractivity contribution in [1.82, 2.24) is 25.5 Å². The van der Waals surface area contributed by atoms with E-state index in [-0.39, 0.29) is 0 Å². The zero-order valence-corrected chi connectivity index (χ0v) is 13.3. The molecule has 2 aromatic rings. The molecule has 21 heavy (non-hydrogen) atoms. The summed E-state index contributed by atoms with van der Waals surface area (Å²) in [7, 11) is 0. The molecule has 1 fully saturated rings. The lowest BCUT2D eigenvalue weighted by Gasteiger charge is -2.20. The average Bonchev–Trinajstić information content (AvgIpc) is 3.10. The van der Waals surface area contributed by atoms with Gasteiger partial charge in [0.15, 0.2) is 0 Å². The fraction of sp³-hybridized carbons (Fsp3) is 0.533. The second-order valence-corrected chi connectivity index (χ2v) is 6.67. The summed E-state index contributed by atoms with van der Waals surface area (Å²) in [6.45, 7) is 5.53. The van der Waals surface area contributed by atoms with Crippen LogP contribution in [0.3, 0.4) is 0 Å². The van der Waals surface area contributed by atoms with E-state index in [0.29, 0.717) is 17.2 Å². The molecule has 1 aromatic heterocycles. The van der Waals surface area contributed by atoms with Crippen LogP contribution < -0.4 is 5.32 Å². The van der Waals surface area contributed by atoms with Gasteiger partial charge in [-0.25, -0.2) is 0 Å². The van der Waals surface area contributed by atoms with Crippen LogP contribution in [0, 0.1) is 5.92 Å². The van der Waals surface area contributed by atoms with Crippen LogP contribution in [0.1, 0.15) is 26.7 Å². The summed E-state index contributed by atoms with van der Waals surface area (Å²) in [6.07, 6.45) is 2.45. The first-order chi connectivity index (χ1) is 10.3. The highest BCUT2D eigenvalue weighted by molar-refractivity contribution is 7.99. The predicted molar refractivity (Wildman–Crippen MR) is 84.7 cm³/mol. The number of para-hydroxylation sites is 1. The smallest absolute Gasteiger partial charge is 0.214 e. The topological polar surface area (TPSA) is 55.6 Å². The van der Waals surface area contributed by atoms with Crippen LogP contribution in [0.25, 0.3) is 5.69 Å². The molecule has 1 heterocycles. The standard InChI is InChI=1S/C15H21N5S/c1-3-16-13-9-10-14(11(13)2)21-15-17-18-19-20(15)12-7-5-4-6-8-12/h4-8,11,13-14,16H,3,9-10H2,1-2H3. The first-order valence-corrected chi connectivity index (χ1v) is 8.41. The van der Waals surface area contributed by atoms with Crippen molar-refractivity contribution in [2.45, 2.75) is 43.1 Å². The summed E-state index contributed by atoms with van der Waals surface area (Å²) in [5.41, 5.74) is 1.01. The van der Waals surface area contributed by atoms with E-state index in [1.165, 1.54) is 12.8 Å². The Morgan fingerprint density at radius 2 is 2.10 bits per heavy atom. The van der Waals surface area contributed by atoms with Crippen LogP contribution >= 0.6 is 11.8 Å². The van der Waals surface area contributed by atoms with Gasteiger partial charge in [-0.2, -0.15) is 4.68 Å². The molecule has 3 unspecified atom stereocenters. The molecule has 0 aliphatic heterocycles. The Kier molecular flexibility index (Phi) is 4.55. The Bertz CT molecular complexity index is 570. The quantitative estimate of drug-likeness (QED) is 0.920. The minimum absolute atomic E-state index is 0.572. The minimum Gasteiger partial charge on any atom is -0.314 e. The lowest BCUT2D eigenvalue weighted by Crippen LogP contribution is -2.33. The molecular formula is C15H21N5S. The van der Waals surface area contributed by atoms with E-state index in [9.17, 15) is 0 Å². The maximum Gasteiger partial charge on any atom is 0.214 e. The third-order valence-electron chi connectivity index (χ3n) is 4.15. The van der Waals surface area contributed by atoms with Crippen LogP contribution in [0.5, 0.6) is 0 Å². The summed E-state index contributed by atoms with van der Waals surface area (Å²) in [5.74, 6) is 0.635. The van der Waals surface area contributed by atoms with Crippen molar-refractivity contribution in [1.29, 1.82) is 0 Å². The molecule has 5 nitrogen and oxygen atoms in total. The molecule has 1 N–H and O–H groups in total. The van der Waals surface area contributed by atoms with Crippen LogP contribution in [0.15, 0.2) is 35.5 Å². The van der Waals surface area contributed by atoms with Gasteiger partial charge in [0.05, 0.1) is 5.69 Å². The first kappa shape index (κ1) is 14.5. The van der Waals surface area contributed by atoms with Crippen LogP contribution in [-0.2, 0) is 0 Å². The van der Waals surface area contributed by atoms with E-state index in [1.54, 1.807) is 11.8 Å². The average molecular weight is 303 g/mol. The minimum atomic E-state index is 0.572. The number of hydrogen-bond acceptors (Lipinski definition) is 5. The number of thioether (sulfide) groups is 1. The Hall–Kier alpha value is -1.40. The van der Waals surface area contributed by atoms with Gasteiger partial charge in [-0.05, 0) is 47.9 Å². The SMILES string of the molecule is CCNC1CCC(Sc2nnnn2-c2ccccc2)C1C. The molecule has 1 aromatic carbocycles. The third kappa shape index (κ3) is 3.11. The maximum absolute atomic E-state index is 4.21. The van der Waals surface area contributed by atoms with Gasteiger partial charge in [0.1, 0.15) is 0 Å². The van der Waals surface area contributed by atoms with E-state index in [2.05, 4.69) is 34.7 Å². The third-order valence-corrected chi connectivity index (χ3v) is 5.58. The van der Waals surface area contributed by atoms with Gasteiger partial charge in [0, 0.05) is 11.3 Å². The van der Waals surface area contributed by atoms with Crippen molar-refractivity contribution in [3.63, 3.8) is 0 Å². The van der Waals surface area contributed by atoms with Gasteiger partial charge in [-0.15, -0.1) is 5.10 Å². The number of nitrogens with zero attached hydrogens (tertiary/aromatic N) is 4. The number of nitrogens with one attached hydrogen (secondary N) is 1. The number of aromatic nitrogens is 4. The molecule has 112 valence electrons. The Morgan fingerprint density at radius 3 is 2.86 bits per heavy atom. The molecular weight excluding hydrogens is 282 g/mol. The first-order valence-electron chi connectivity index (χ1n) is 7.53. The molecule has 0 radical (unpaired) electrons. The lowest BCUT2D eigenvalue weighted by atomic mass is 10.1. The van der Waals surface area contributed by atoms with Crippen LogP contribution in [-0.4, -0.2) is 38.0 Å². The molecule has 6 heteroatoms. The van der Waals surface area contributed by atoms with Crippen molar-refractivity contribution in [3.8, 4) is 5.69 Å². The van der Waals surface area contributed by atoms with Crippen molar-refractivity contribution in [3.05, 3.63) is 30.3 Å². The van der Waals surface area contributed by atoms with Crippen molar-refractivity contribution < 1.29 is 0 Å².